The van der Waals surface area contributed by atoms with Gasteiger partial charge in [0.2, 0.25) is 0 Å². The molecule has 0 bridgehead atoms. The van der Waals surface area contributed by atoms with E-state index in [1.54, 1.807) is 0 Å². The van der Waals surface area contributed by atoms with E-state index in [0.29, 0.717) is 0 Å². The average molecular weight is 222 g/mol. The van der Waals surface area contributed by atoms with E-state index in [1.807, 2.05) is 0 Å². The number of rotatable bonds is 6. The Morgan fingerprint density at radius 3 is 2.55 bits per heavy atom. The molecule has 0 rings (SSSR count). The summed E-state index contributed by atoms with van der Waals surface area (Å²) in [6, 6.07) is 0.749. The Hall–Kier alpha value is 0.440. The first-order chi connectivity index (χ1) is 5.22. The third kappa shape index (κ3) is 5.68. The fraction of sp³-hybridized carbons (Fsp3) is 1.00. The average Bonchev–Trinajstić information content (AvgIpc) is 2.00. The summed E-state index contributed by atoms with van der Waals surface area (Å²) in [6.45, 7) is 5.76. The highest BCUT2D eigenvalue weighted by molar-refractivity contribution is 9.09. The topological polar surface area (TPSA) is 3.24 Å². The smallest absolute Gasteiger partial charge is 0.00637 e. The molecule has 0 aromatic rings. The van der Waals surface area contributed by atoms with Crippen molar-refractivity contribution in [3.05, 3.63) is 0 Å². The van der Waals surface area contributed by atoms with Crippen LogP contribution in [0.5, 0.6) is 0 Å². The van der Waals surface area contributed by atoms with Crippen molar-refractivity contribution in [3.63, 3.8) is 0 Å². The molecule has 0 radical (unpaired) electrons. The van der Waals surface area contributed by atoms with Crippen molar-refractivity contribution < 1.29 is 0 Å². The molecule has 0 amide bonds. The molecule has 1 atom stereocenters. The lowest BCUT2D eigenvalue weighted by atomic mass is 10.2. The van der Waals surface area contributed by atoms with Gasteiger partial charge in [0.05, 0.1) is 0 Å². The van der Waals surface area contributed by atoms with Gasteiger partial charge in [0.25, 0.3) is 0 Å². The molecule has 0 spiro atoms. The molecule has 0 saturated heterocycles. The van der Waals surface area contributed by atoms with E-state index in [-0.39, 0.29) is 0 Å². The largest absolute Gasteiger partial charge is 0.304 e. The summed E-state index contributed by atoms with van der Waals surface area (Å²) in [5, 5.41) is 1.12. The van der Waals surface area contributed by atoms with Crippen molar-refractivity contribution in [2.45, 2.75) is 39.2 Å². The van der Waals surface area contributed by atoms with Gasteiger partial charge in [-0.25, -0.2) is 0 Å². The van der Waals surface area contributed by atoms with Gasteiger partial charge in [-0.2, -0.15) is 0 Å². The van der Waals surface area contributed by atoms with E-state index in [1.165, 1.54) is 25.8 Å². The molecule has 0 aromatic heterocycles. The molecule has 1 unspecified atom stereocenters. The predicted octanol–water partition coefficient (Wildman–Crippen LogP) is 2.89. The summed E-state index contributed by atoms with van der Waals surface area (Å²) in [4.78, 5) is 2.44. The normalized spacial score (nSPS) is 13.9. The highest BCUT2D eigenvalue weighted by atomic mass is 79.9. The van der Waals surface area contributed by atoms with Crippen LogP contribution in [0.1, 0.15) is 33.1 Å². The lowest BCUT2D eigenvalue weighted by Crippen LogP contribution is -2.29. The summed E-state index contributed by atoms with van der Waals surface area (Å²) in [6.07, 6.45) is 3.86. The maximum absolute atomic E-state index is 3.44. The van der Waals surface area contributed by atoms with Crippen molar-refractivity contribution in [2.24, 2.45) is 0 Å². The van der Waals surface area contributed by atoms with Crippen LogP contribution in [0.15, 0.2) is 0 Å². The monoisotopic (exact) mass is 221 g/mol. The van der Waals surface area contributed by atoms with Crippen molar-refractivity contribution in [1.82, 2.24) is 4.90 Å². The fourth-order valence-corrected chi connectivity index (χ4v) is 1.42. The predicted molar refractivity (Wildman–Crippen MR) is 55.4 cm³/mol. The summed E-state index contributed by atoms with van der Waals surface area (Å²) in [7, 11) is 2.21. The molecule has 0 aliphatic heterocycles. The van der Waals surface area contributed by atoms with Crippen LogP contribution in [0.3, 0.4) is 0 Å². The first kappa shape index (κ1) is 11.4. The molecule has 0 aliphatic rings. The Labute approximate surface area is 79.3 Å². The SMILES string of the molecule is CCCC(C)N(C)CCCBr. The minimum Gasteiger partial charge on any atom is -0.304 e. The number of halogens is 1. The van der Waals surface area contributed by atoms with Crippen LogP contribution in [0, 0.1) is 0 Å². The Bertz CT molecular complexity index is 85.6. The number of hydrogen-bond acceptors (Lipinski definition) is 1. The molecule has 0 saturated carbocycles. The summed E-state index contributed by atoms with van der Waals surface area (Å²) in [5.41, 5.74) is 0. The lowest BCUT2D eigenvalue weighted by molar-refractivity contribution is 0.246. The summed E-state index contributed by atoms with van der Waals surface area (Å²) >= 11 is 3.44. The van der Waals surface area contributed by atoms with E-state index in [0.717, 1.165) is 11.4 Å². The summed E-state index contributed by atoms with van der Waals surface area (Å²) < 4.78 is 0. The van der Waals surface area contributed by atoms with Gasteiger partial charge in [-0.1, -0.05) is 29.3 Å². The van der Waals surface area contributed by atoms with Crippen molar-refractivity contribution in [2.75, 3.05) is 18.9 Å². The molecule has 2 heteroatoms. The van der Waals surface area contributed by atoms with Crippen LogP contribution in [0.2, 0.25) is 0 Å². The zero-order valence-electron chi connectivity index (χ0n) is 7.94. The zero-order chi connectivity index (χ0) is 8.69. The van der Waals surface area contributed by atoms with Gasteiger partial charge < -0.3 is 4.90 Å². The zero-order valence-corrected chi connectivity index (χ0v) is 9.52. The molecule has 68 valence electrons. The van der Waals surface area contributed by atoms with Crippen molar-refractivity contribution in [1.29, 1.82) is 0 Å². The molecule has 1 nitrogen and oxygen atoms in total. The van der Waals surface area contributed by atoms with E-state index in [2.05, 4.69) is 41.7 Å². The van der Waals surface area contributed by atoms with Gasteiger partial charge >= 0.3 is 0 Å². The highest BCUT2D eigenvalue weighted by Crippen LogP contribution is 2.04. The minimum absolute atomic E-state index is 0.749. The van der Waals surface area contributed by atoms with Crippen LogP contribution in [0.4, 0.5) is 0 Å². The molecule has 0 aromatic carbocycles. The maximum atomic E-state index is 3.44. The summed E-state index contributed by atoms with van der Waals surface area (Å²) in [5.74, 6) is 0. The lowest BCUT2D eigenvalue weighted by Gasteiger charge is -2.23. The number of alkyl halides is 1. The second-order valence-corrected chi connectivity index (χ2v) is 3.95. The molecular formula is C9H20BrN. The highest BCUT2D eigenvalue weighted by Gasteiger charge is 2.05. The molecule has 0 N–H and O–H groups in total. The van der Waals surface area contributed by atoms with Crippen LogP contribution in [-0.4, -0.2) is 29.9 Å². The molecular weight excluding hydrogens is 202 g/mol. The third-order valence-corrected chi connectivity index (χ3v) is 2.66. The number of hydrogen-bond donors (Lipinski definition) is 0. The fourth-order valence-electron chi connectivity index (χ4n) is 1.17. The van der Waals surface area contributed by atoms with E-state index in [9.17, 15) is 0 Å². The van der Waals surface area contributed by atoms with Crippen molar-refractivity contribution >= 4 is 15.9 Å². The maximum Gasteiger partial charge on any atom is 0.00637 e. The van der Waals surface area contributed by atoms with Gasteiger partial charge in [-0.3, -0.25) is 0 Å². The Morgan fingerprint density at radius 2 is 2.09 bits per heavy atom. The van der Waals surface area contributed by atoms with Crippen molar-refractivity contribution in [3.8, 4) is 0 Å². The molecule has 0 aliphatic carbocycles. The van der Waals surface area contributed by atoms with Crippen LogP contribution in [0.25, 0.3) is 0 Å². The Balaban J connectivity index is 3.38. The standard InChI is InChI=1S/C9H20BrN/c1-4-6-9(2)11(3)8-5-7-10/h9H,4-8H2,1-3H3. The van der Waals surface area contributed by atoms with Gasteiger partial charge in [0.15, 0.2) is 0 Å². The second kappa shape index (κ2) is 7.11. The molecule has 11 heavy (non-hydrogen) atoms. The first-order valence-electron chi connectivity index (χ1n) is 4.48. The van der Waals surface area contributed by atoms with Crippen LogP contribution < -0.4 is 0 Å². The van der Waals surface area contributed by atoms with Gasteiger partial charge in [-0.05, 0) is 33.4 Å². The minimum atomic E-state index is 0.749. The number of nitrogens with zero attached hydrogens (tertiary/aromatic N) is 1. The first-order valence-corrected chi connectivity index (χ1v) is 5.60. The second-order valence-electron chi connectivity index (χ2n) is 3.16. The quantitative estimate of drug-likeness (QED) is 0.624. The van der Waals surface area contributed by atoms with Gasteiger partial charge in [0.1, 0.15) is 0 Å². The Kier molecular flexibility index (Phi) is 7.39. The Morgan fingerprint density at radius 1 is 1.45 bits per heavy atom. The van der Waals surface area contributed by atoms with Crippen LogP contribution in [-0.2, 0) is 0 Å². The van der Waals surface area contributed by atoms with Crippen LogP contribution >= 0.6 is 15.9 Å². The molecule has 0 fully saturated rings. The van der Waals surface area contributed by atoms with E-state index in [4.69, 9.17) is 0 Å². The third-order valence-electron chi connectivity index (χ3n) is 2.10. The van der Waals surface area contributed by atoms with E-state index >= 15 is 0 Å². The van der Waals surface area contributed by atoms with Gasteiger partial charge in [-0.15, -0.1) is 0 Å². The van der Waals surface area contributed by atoms with E-state index < -0.39 is 0 Å². The van der Waals surface area contributed by atoms with Gasteiger partial charge in [0, 0.05) is 11.4 Å². The molecule has 0 heterocycles.